The molecule has 0 bridgehead atoms. The molecule has 0 saturated carbocycles. The minimum absolute atomic E-state index is 0.328. The largest absolute Gasteiger partial charge is 0.155 e. The molecule has 48 valence electrons. The lowest BCUT2D eigenvalue weighted by Crippen LogP contribution is -2.07. The highest BCUT2D eigenvalue weighted by Gasteiger charge is 2.08. The van der Waals surface area contributed by atoms with Gasteiger partial charge in [-0.2, -0.15) is 11.8 Å². The Morgan fingerprint density at radius 1 is 1.38 bits per heavy atom. The van der Waals surface area contributed by atoms with Crippen LogP contribution in [-0.2, 0) is 0 Å². The van der Waals surface area contributed by atoms with Crippen LogP contribution in [0.4, 0.5) is 0 Å². The Kier molecular flexibility index (Phi) is 3.22. The predicted octanol–water partition coefficient (Wildman–Crippen LogP) is 2.70. The second-order valence-corrected chi connectivity index (χ2v) is 3.77. The van der Waals surface area contributed by atoms with Gasteiger partial charge in [0.05, 0.1) is 0 Å². The number of rotatable bonds is 2. The smallest absolute Gasteiger partial charge is 0.0279 e. The first-order valence-corrected chi connectivity index (χ1v) is 4.04. The summed E-state index contributed by atoms with van der Waals surface area (Å²) < 4.78 is 0.328. The van der Waals surface area contributed by atoms with Crippen LogP contribution in [-0.4, -0.2) is 11.0 Å². The fraction of sp³-hybridized carbons (Fsp3) is 0.714. The van der Waals surface area contributed by atoms with E-state index in [-0.39, 0.29) is 0 Å². The van der Waals surface area contributed by atoms with Gasteiger partial charge in [0.1, 0.15) is 0 Å². The molecular weight excluding hydrogens is 116 g/mol. The maximum atomic E-state index is 2.21. The van der Waals surface area contributed by atoms with Crippen molar-refractivity contribution < 1.29 is 0 Å². The molecule has 0 aromatic carbocycles. The van der Waals surface area contributed by atoms with Gasteiger partial charge in [0.15, 0.2) is 0 Å². The zero-order chi connectivity index (χ0) is 6.62. The Bertz CT molecular complexity index is 82.4. The number of thioether (sulfide) groups is 1. The summed E-state index contributed by atoms with van der Waals surface area (Å²) in [5.41, 5.74) is 0. The molecule has 0 N–H and O–H groups in total. The average molecular weight is 130 g/mol. The third-order valence-corrected chi connectivity index (χ3v) is 2.28. The first kappa shape index (κ1) is 8.09. The van der Waals surface area contributed by atoms with E-state index in [1.165, 1.54) is 0 Å². The minimum atomic E-state index is 0.328. The molecule has 0 unspecified atom stereocenters. The molecule has 0 aliphatic carbocycles. The minimum Gasteiger partial charge on any atom is -0.155 e. The van der Waals surface area contributed by atoms with Crippen LogP contribution in [0.15, 0.2) is 12.2 Å². The van der Waals surface area contributed by atoms with Crippen molar-refractivity contribution in [3.05, 3.63) is 12.2 Å². The van der Waals surface area contributed by atoms with Gasteiger partial charge in [-0.05, 0) is 27.0 Å². The standard InChI is InChI=1S/C7H14S/c1-5-6-7(2,3)8-4/h5-6H,1-4H3. The van der Waals surface area contributed by atoms with Crippen LogP contribution in [0.5, 0.6) is 0 Å². The molecule has 0 aliphatic heterocycles. The second kappa shape index (κ2) is 3.18. The first-order chi connectivity index (χ1) is 3.62. The van der Waals surface area contributed by atoms with Crippen molar-refractivity contribution in [1.82, 2.24) is 0 Å². The lowest BCUT2D eigenvalue weighted by atomic mass is 10.2. The molecule has 0 atom stereocenters. The molecule has 0 rings (SSSR count). The Morgan fingerprint density at radius 3 is 2.00 bits per heavy atom. The molecule has 0 aromatic rings. The van der Waals surface area contributed by atoms with Gasteiger partial charge in [0, 0.05) is 4.75 Å². The molecule has 0 aromatic heterocycles. The molecule has 0 fully saturated rings. The van der Waals surface area contributed by atoms with Crippen LogP contribution >= 0.6 is 11.8 Å². The van der Waals surface area contributed by atoms with Crippen LogP contribution in [0, 0.1) is 0 Å². The Morgan fingerprint density at radius 2 is 1.88 bits per heavy atom. The van der Waals surface area contributed by atoms with Crippen molar-refractivity contribution in [2.75, 3.05) is 6.26 Å². The van der Waals surface area contributed by atoms with E-state index < -0.39 is 0 Å². The maximum absolute atomic E-state index is 2.21. The molecule has 0 heterocycles. The molecule has 0 aliphatic rings. The number of hydrogen-bond acceptors (Lipinski definition) is 1. The van der Waals surface area contributed by atoms with Gasteiger partial charge in [-0.1, -0.05) is 12.2 Å². The van der Waals surface area contributed by atoms with E-state index in [1.807, 2.05) is 11.8 Å². The molecule has 0 spiro atoms. The number of hydrogen-bond donors (Lipinski definition) is 0. The fourth-order valence-corrected chi connectivity index (χ4v) is 0.742. The summed E-state index contributed by atoms with van der Waals surface area (Å²) in [7, 11) is 0. The van der Waals surface area contributed by atoms with Crippen LogP contribution < -0.4 is 0 Å². The molecule has 0 radical (unpaired) electrons. The summed E-state index contributed by atoms with van der Waals surface area (Å²) in [6.45, 7) is 6.47. The second-order valence-electron chi connectivity index (χ2n) is 2.31. The fourth-order valence-electron chi connectivity index (χ4n) is 0.469. The lowest BCUT2D eigenvalue weighted by molar-refractivity contribution is 0.900. The SMILES string of the molecule is CC=CC(C)(C)SC. The van der Waals surface area contributed by atoms with E-state index in [9.17, 15) is 0 Å². The van der Waals surface area contributed by atoms with Gasteiger partial charge in [-0.3, -0.25) is 0 Å². The van der Waals surface area contributed by atoms with Crippen LogP contribution in [0.3, 0.4) is 0 Å². The number of allylic oxidation sites excluding steroid dienone is 1. The molecule has 0 nitrogen and oxygen atoms in total. The predicted molar refractivity (Wildman–Crippen MR) is 42.4 cm³/mol. The third kappa shape index (κ3) is 3.14. The van der Waals surface area contributed by atoms with Crippen molar-refractivity contribution >= 4 is 11.8 Å². The summed E-state index contributed by atoms with van der Waals surface area (Å²) in [6, 6.07) is 0. The van der Waals surface area contributed by atoms with Gasteiger partial charge in [-0.15, -0.1) is 0 Å². The third-order valence-electron chi connectivity index (χ3n) is 1.09. The van der Waals surface area contributed by atoms with Crippen molar-refractivity contribution in [3.8, 4) is 0 Å². The monoisotopic (exact) mass is 130 g/mol. The van der Waals surface area contributed by atoms with E-state index in [2.05, 4.69) is 39.2 Å². The molecule has 0 saturated heterocycles. The topological polar surface area (TPSA) is 0 Å². The van der Waals surface area contributed by atoms with Crippen molar-refractivity contribution in [1.29, 1.82) is 0 Å². The normalized spacial score (nSPS) is 13.0. The average Bonchev–Trinajstić information content (AvgIpc) is 1.67. The van der Waals surface area contributed by atoms with Crippen LogP contribution in [0.1, 0.15) is 20.8 Å². The Balaban J connectivity index is 3.71. The van der Waals surface area contributed by atoms with Gasteiger partial charge in [0.25, 0.3) is 0 Å². The quantitative estimate of drug-likeness (QED) is 0.518. The van der Waals surface area contributed by atoms with Crippen molar-refractivity contribution in [3.63, 3.8) is 0 Å². The van der Waals surface area contributed by atoms with E-state index in [0.29, 0.717) is 4.75 Å². The lowest BCUT2D eigenvalue weighted by Gasteiger charge is -2.15. The zero-order valence-electron chi connectivity index (χ0n) is 6.06. The molecule has 1 heteroatoms. The molecule has 0 amide bonds. The van der Waals surface area contributed by atoms with E-state index in [1.54, 1.807) is 0 Å². The van der Waals surface area contributed by atoms with E-state index in [4.69, 9.17) is 0 Å². The summed E-state index contributed by atoms with van der Waals surface area (Å²) in [4.78, 5) is 0. The van der Waals surface area contributed by atoms with Gasteiger partial charge >= 0.3 is 0 Å². The van der Waals surface area contributed by atoms with Crippen LogP contribution in [0.2, 0.25) is 0 Å². The van der Waals surface area contributed by atoms with E-state index >= 15 is 0 Å². The molecular formula is C7H14S. The highest BCUT2D eigenvalue weighted by molar-refractivity contribution is 8.00. The zero-order valence-corrected chi connectivity index (χ0v) is 6.88. The van der Waals surface area contributed by atoms with Crippen LogP contribution in [0.25, 0.3) is 0 Å². The molecule has 8 heavy (non-hydrogen) atoms. The van der Waals surface area contributed by atoms with Gasteiger partial charge < -0.3 is 0 Å². The van der Waals surface area contributed by atoms with Gasteiger partial charge in [0.2, 0.25) is 0 Å². The summed E-state index contributed by atoms with van der Waals surface area (Å²) in [5.74, 6) is 0. The summed E-state index contributed by atoms with van der Waals surface area (Å²) >= 11 is 1.86. The van der Waals surface area contributed by atoms with E-state index in [0.717, 1.165) is 0 Å². The Labute approximate surface area is 56.4 Å². The summed E-state index contributed by atoms with van der Waals surface area (Å²) in [6.07, 6.45) is 6.42. The summed E-state index contributed by atoms with van der Waals surface area (Å²) in [5, 5.41) is 0. The van der Waals surface area contributed by atoms with Crippen molar-refractivity contribution in [2.45, 2.75) is 25.5 Å². The first-order valence-electron chi connectivity index (χ1n) is 2.81. The highest BCUT2D eigenvalue weighted by Crippen LogP contribution is 2.21. The maximum Gasteiger partial charge on any atom is 0.0279 e. The highest BCUT2D eigenvalue weighted by atomic mass is 32.2. The Hall–Kier alpha value is 0.0900. The van der Waals surface area contributed by atoms with Gasteiger partial charge in [-0.25, -0.2) is 0 Å². The van der Waals surface area contributed by atoms with Crippen molar-refractivity contribution in [2.24, 2.45) is 0 Å².